The second-order valence-electron chi connectivity index (χ2n) is 7.45. The Hall–Kier alpha value is -3.15. The van der Waals surface area contributed by atoms with Gasteiger partial charge in [0, 0.05) is 17.0 Å². The van der Waals surface area contributed by atoms with Crippen LogP contribution in [-0.2, 0) is 28.1 Å². The van der Waals surface area contributed by atoms with E-state index in [-0.39, 0.29) is 18.1 Å². The van der Waals surface area contributed by atoms with E-state index in [0.29, 0.717) is 41.0 Å². The number of fused-ring (bicyclic) bond motifs is 5. The minimum atomic E-state index is -0.879. The van der Waals surface area contributed by atoms with Crippen LogP contribution in [0.15, 0.2) is 41.2 Å². The third-order valence-corrected chi connectivity index (χ3v) is 6.06. The number of esters is 1. The highest BCUT2D eigenvalue weighted by Gasteiger charge is 2.43. The fraction of sp³-hybridized carbons (Fsp3) is 0.286. The van der Waals surface area contributed by atoms with Crippen LogP contribution in [0.4, 0.5) is 0 Å². The molecule has 3 aromatic rings. The van der Waals surface area contributed by atoms with Gasteiger partial charge in [-0.2, -0.15) is 4.73 Å². The van der Waals surface area contributed by atoms with Crippen LogP contribution in [0.3, 0.4) is 0 Å². The summed E-state index contributed by atoms with van der Waals surface area (Å²) in [5, 5.41) is 13.9. The summed E-state index contributed by atoms with van der Waals surface area (Å²) in [5.41, 5.74) is 2.57. The van der Waals surface area contributed by atoms with Crippen molar-refractivity contribution in [1.82, 2.24) is 4.57 Å². The molecule has 1 atom stereocenters. The molecule has 0 radical (unpaired) electrons. The minimum absolute atomic E-state index is 0.0153. The summed E-state index contributed by atoms with van der Waals surface area (Å²) in [6.45, 7) is 4.03. The zero-order valence-electron chi connectivity index (χ0n) is 15.1. The van der Waals surface area contributed by atoms with Crippen LogP contribution in [0.2, 0.25) is 0 Å². The number of pyridine rings is 2. The number of aromatic nitrogens is 2. The van der Waals surface area contributed by atoms with Gasteiger partial charge in [-0.05, 0) is 37.1 Å². The molecule has 0 aliphatic carbocycles. The molecule has 2 aliphatic rings. The van der Waals surface area contributed by atoms with E-state index in [1.807, 2.05) is 37.3 Å². The molecule has 4 heterocycles. The van der Waals surface area contributed by atoms with Crippen LogP contribution in [0.25, 0.3) is 22.3 Å². The monoisotopic (exact) mass is 362 g/mol. The summed E-state index contributed by atoms with van der Waals surface area (Å²) in [6, 6.07) is 11.2. The normalized spacial score (nSPS) is 20.1. The molecule has 0 amide bonds. The molecule has 0 saturated heterocycles. The van der Waals surface area contributed by atoms with E-state index in [0.717, 1.165) is 15.7 Å². The van der Waals surface area contributed by atoms with E-state index in [9.17, 15) is 14.8 Å². The van der Waals surface area contributed by atoms with E-state index in [1.54, 1.807) is 17.6 Å². The lowest BCUT2D eigenvalue weighted by molar-refractivity contribution is -0.565. The zero-order valence-corrected chi connectivity index (χ0v) is 15.1. The summed E-state index contributed by atoms with van der Waals surface area (Å²) in [6.07, 6.45) is 0.518. The van der Waals surface area contributed by atoms with E-state index < -0.39 is 5.41 Å². The van der Waals surface area contributed by atoms with Gasteiger partial charge in [0.15, 0.2) is 0 Å². The van der Waals surface area contributed by atoms with Crippen molar-refractivity contribution in [2.24, 2.45) is 0 Å². The highest BCUT2D eigenvalue weighted by Crippen LogP contribution is 2.39. The average molecular weight is 362 g/mol. The van der Waals surface area contributed by atoms with E-state index in [1.165, 1.54) is 0 Å². The molecule has 0 bridgehead atoms. The number of nitrogens with zero attached hydrogens (tertiary/aromatic N) is 2. The first-order valence-electron chi connectivity index (χ1n) is 9.04. The minimum Gasteiger partial charge on any atom is -0.618 e. The van der Waals surface area contributed by atoms with Crippen LogP contribution in [0.1, 0.15) is 37.0 Å². The second kappa shape index (κ2) is 5.19. The number of cyclic esters (lactones) is 1. The Bertz CT molecular complexity index is 1210. The molecular formula is C21H18N2O4. The maximum absolute atomic E-state index is 13.1. The number of hydrogen-bond acceptors (Lipinski definition) is 4. The molecule has 2 aromatic heterocycles. The van der Waals surface area contributed by atoms with Crippen molar-refractivity contribution >= 4 is 16.9 Å². The topological polar surface area (TPSA) is 75.2 Å². The molecule has 2 aliphatic heterocycles. The third-order valence-electron chi connectivity index (χ3n) is 6.06. The van der Waals surface area contributed by atoms with Crippen LogP contribution < -0.4 is 10.3 Å². The molecule has 6 nitrogen and oxygen atoms in total. The average Bonchev–Trinajstić information content (AvgIpc) is 3.04. The van der Waals surface area contributed by atoms with Crippen LogP contribution in [-0.4, -0.2) is 10.5 Å². The van der Waals surface area contributed by atoms with Gasteiger partial charge in [0.2, 0.25) is 11.2 Å². The fourth-order valence-electron chi connectivity index (χ4n) is 4.28. The van der Waals surface area contributed by atoms with Crippen molar-refractivity contribution in [2.45, 2.75) is 38.8 Å². The van der Waals surface area contributed by atoms with Crippen LogP contribution in [0.5, 0.6) is 0 Å². The van der Waals surface area contributed by atoms with Crippen molar-refractivity contribution in [2.75, 3.05) is 0 Å². The number of benzene rings is 1. The lowest BCUT2D eigenvalue weighted by Crippen LogP contribution is -2.42. The molecule has 27 heavy (non-hydrogen) atoms. The zero-order chi connectivity index (χ0) is 18.9. The van der Waals surface area contributed by atoms with Crippen molar-refractivity contribution in [3.63, 3.8) is 0 Å². The Balaban J connectivity index is 1.85. The Morgan fingerprint density at radius 2 is 2.04 bits per heavy atom. The van der Waals surface area contributed by atoms with Gasteiger partial charge in [0.25, 0.3) is 5.56 Å². The number of para-hydroxylation sites is 1. The molecule has 0 spiro atoms. The van der Waals surface area contributed by atoms with Crippen molar-refractivity contribution in [3.8, 4) is 11.4 Å². The predicted molar refractivity (Wildman–Crippen MR) is 99.1 cm³/mol. The maximum Gasteiger partial charge on any atom is 0.316 e. The molecule has 1 unspecified atom stereocenters. The van der Waals surface area contributed by atoms with Crippen molar-refractivity contribution in [3.05, 3.63) is 68.6 Å². The summed E-state index contributed by atoms with van der Waals surface area (Å²) >= 11 is 0. The first-order valence-corrected chi connectivity index (χ1v) is 9.04. The van der Waals surface area contributed by atoms with E-state index >= 15 is 0 Å². The molecular weight excluding hydrogens is 344 g/mol. The summed E-state index contributed by atoms with van der Waals surface area (Å²) in [5.74, 6) is -0.325. The number of hydrogen-bond donors (Lipinski definition) is 0. The smallest absolute Gasteiger partial charge is 0.316 e. The van der Waals surface area contributed by atoms with Gasteiger partial charge in [-0.3, -0.25) is 14.2 Å². The Kier molecular flexibility index (Phi) is 3.09. The standard InChI is InChI=1S/C21H18N2O4/c1-3-21(2)15-9-17-18-13(8-12-6-4-5-7-16(12)23(18)26)10-22(17)19(24)14(15)11-27-20(21)25/h4-9H,3,10-11H2,1-2H3. The van der Waals surface area contributed by atoms with Gasteiger partial charge in [-0.1, -0.05) is 19.1 Å². The quantitative estimate of drug-likeness (QED) is 0.296. The van der Waals surface area contributed by atoms with E-state index in [2.05, 4.69) is 0 Å². The third kappa shape index (κ3) is 1.92. The molecule has 6 heteroatoms. The summed E-state index contributed by atoms with van der Waals surface area (Å²) in [4.78, 5) is 25.6. The Labute approximate surface area is 155 Å². The van der Waals surface area contributed by atoms with Gasteiger partial charge in [0.1, 0.15) is 12.3 Å². The van der Waals surface area contributed by atoms with Crippen molar-refractivity contribution < 1.29 is 14.3 Å². The second-order valence-corrected chi connectivity index (χ2v) is 7.45. The van der Waals surface area contributed by atoms with Crippen molar-refractivity contribution in [1.29, 1.82) is 0 Å². The number of carbonyl (C=O) groups excluding carboxylic acids is 1. The highest BCUT2D eigenvalue weighted by atomic mass is 16.5. The molecule has 0 saturated carbocycles. The summed E-state index contributed by atoms with van der Waals surface area (Å²) < 4.78 is 7.82. The molecule has 136 valence electrons. The van der Waals surface area contributed by atoms with Gasteiger partial charge in [0.05, 0.1) is 17.5 Å². The predicted octanol–water partition coefficient (Wildman–Crippen LogP) is 2.39. The SMILES string of the molecule is CCC1(C)C(=O)OCc2c1cc1n(c2=O)Cc2cc3ccccc3[n+]([O-])c2-1. The number of rotatable bonds is 1. The van der Waals surface area contributed by atoms with E-state index in [4.69, 9.17) is 4.74 Å². The molecule has 0 N–H and O–H groups in total. The molecule has 1 aromatic carbocycles. The maximum atomic E-state index is 13.1. The Morgan fingerprint density at radius 3 is 2.81 bits per heavy atom. The van der Waals surface area contributed by atoms with Crippen LogP contribution in [0, 0.1) is 5.21 Å². The first-order chi connectivity index (χ1) is 13.0. The number of carbonyl (C=O) groups is 1. The molecule has 0 fully saturated rings. The highest BCUT2D eigenvalue weighted by molar-refractivity contribution is 5.86. The first kappa shape index (κ1) is 16.1. The van der Waals surface area contributed by atoms with Crippen LogP contribution >= 0.6 is 0 Å². The lowest BCUT2D eigenvalue weighted by atomic mass is 9.76. The number of ether oxygens (including phenoxy) is 1. The Morgan fingerprint density at radius 1 is 1.26 bits per heavy atom. The fourth-order valence-corrected chi connectivity index (χ4v) is 4.28. The largest absolute Gasteiger partial charge is 0.618 e. The van der Waals surface area contributed by atoms with Gasteiger partial charge >= 0.3 is 5.97 Å². The van der Waals surface area contributed by atoms with Gasteiger partial charge in [-0.25, -0.2) is 0 Å². The lowest BCUT2D eigenvalue weighted by Gasteiger charge is -2.33. The van der Waals surface area contributed by atoms with Gasteiger partial charge < -0.3 is 9.94 Å². The summed E-state index contributed by atoms with van der Waals surface area (Å²) in [7, 11) is 0. The molecule has 5 rings (SSSR count). The van der Waals surface area contributed by atoms with Gasteiger partial charge in [-0.15, -0.1) is 0 Å².